The Balaban J connectivity index is 2.70. The van der Waals surface area contributed by atoms with Gasteiger partial charge in [0.15, 0.2) is 0 Å². The first-order chi connectivity index (χ1) is 9.62. The van der Waals surface area contributed by atoms with E-state index in [4.69, 9.17) is 9.47 Å². The van der Waals surface area contributed by atoms with E-state index in [-0.39, 0.29) is 11.2 Å². The quantitative estimate of drug-likeness (QED) is 0.568. The number of benzene rings is 1. The average molecular weight is 292 g/mol. The smallest absolute Gasteiger partial charge is 0.323 e. The Morgan fingerprint density at radius 2 is 2.05 bits per heavy atom. The lowest BCUT2D eigenvalue weighted by molar-refractivity contribution is -0.141. The summed E-state index contributed by atoms with van der Waals surface area (Å²) in [6, 6.07) is 7.79. The Morgan fingerprint density at radius 3 is 2.55 bits per heavy atom. The van der Waals surface area contributed by atoms with Gasteiger partial charge < -0.3 is 9.47 Å². The summed E-state index contributed by atoms with van der Waals surface area (Å²) in [6.07, 6.45) is 0. The molecule has 1 aromatic rings. The highest BCUT2D eigenvalue weighted by molar-refractivity contribution is 8.00. The molecule has 3 nitrogen and oxygen atoms in total. The van der Waals surface area contributed by atoms with Crippen LogP contribution in [0.1, 0.15) is 19.4 Å². The lowest BCUT2D eigenvalue weighted by atomic mass is 10.2. The van der Waals surface area contributed by atoms with Crippen LogP contribution in [0.3, 0.4) is 0 Å². The molecule has 108 valence electrons. The van der Waals surface area contributed by atoms with Gasteiger partial charge in [0.2, 0.25) is 0 Å². The first-order valence-corrected chi connectivity index (χ1v) is 7.45. The van der Waals surface area contributed by atoms with Gasteiger partial charge in [0, 0.05) is 5.75 Å². The number of thioether (sulfide) groups is 1. The summed E-state index contributed by atoms with van der Waals surface area (Å²) in [6.45, 7) is 7.62. The molecule has 0 N–H and O–H groups in total. The molecule has 0 radical (unpaired) electrons. The number of rotatable bonds is 7. The van der Waals surface area contributed by atoms with Gasteiger partial charge in [0.1, 0.15) is 11.0 Å². The van der Waals surface area contributed by atoms with Crippen molar-refractivity contribution in [2.45, 2.75) is 24.9 Å². The van der Waals surface area contributed by atoms with Gasteiger partial charge in [0.05, 0.1) is 13.7 Å². The van der Waals surface area contributed by atoms with Crippen LogP contribution in [-0.2, 0) is 15.3 Å². The van der Waals surface area contributed by atoms with Crippen molar-refractivity contribution < 1.29 is 14.3 Å². The molecule has 0 saturated heterocycles. The fraction of sp³-hybridized carbons (Fsp3) is 0.375. The van der Waals surface area contributed by atoms with Crippen LogP contribution in [-0.4, -0.2) is 24.9 Å². The Morgan fingerprint density at radius 1 is 1.40 bits per heavy atom. The van der Waals surface area contributed by atoms with E-state index in [1.807, 2.05) is 31.2 Å². The lowest BCUT2D eigenvalue weighted by Crippen LogP contribution is -2.21. The molecule has 0 bridgehead atoms. The molecule has 4 heteroatoms. The molecule has 0 amide bonds. The van der Waals surface area contributed by atoms with Crippen LogP contribution in [0.2, 0.25) is 0 Å². The molecule has 0 aromatic heterocycles. The van der Waals surface area contributed by atoms with Crippen molar-refractivity contribution in [1.29, 1.82) is 0 Å². The second kappa shape index (κ2) is 8.51. The second-order valence-corrected chi connectivity index (χ2v) is 5.24. The molecule has 0 heterocycles. The third kappa shape index (κ3) is 4.80. The van der Waals surface area contributed by atoms with Crippen LogP contribution in [0.4, 0.5) is 0 Å². The standard InChI is InChI=1S/C16H20O3S/c1-5-12(3)15(16(17)19-6-2)20-11-13-7-9-14(18-4)10-8-13/h7-10,15H,1,6,11H2,2-4H3. The number of hydrogen-bond acceptors (Lipinski definition) is 4. The van der Waals surface area contributed by atoms with Gasteiger partial charge in [-0.3, -0.25) is 4.79 Å². The summed E-state index contributed by atoms with van der Waals surface area (Å²) >= 11 is 1.51. The van der Waals surface area contributed by atoms with Gasteiger partial charge in [-0.15, -0.1) is 17.5 Å². The van der Waals surface area contributed by atoms with Crippen LogP contribution in [0.15, 0.2) is 42.1 Å². The minimum absolute atomic E-state index is 0.236. The fourth-order valence-corrected chi connectivity index (χ4v) is 2.67. The molecule has 0 aliphatic carbocycles. The van der Waals surface area contributed by atoms with E-state index in [1.54, 1.807) is 14.0 Å². The second-order valence-electron chi connectivity index (χ2n) is 4.15. The van der Waals surface area contributed by atoms with Crippen molar-refractivity contribution >= 4 is 17.7 Å². The molecule has 0 aliphatic heterocycles. The molecule has 20 heavy (non-hydrogen) atoms. The molecule has 0 saturated carbocycles. The number of methoxy groups -OCH3 is 1. The third-order valence-electron chi connectivity index (χ3n) is 2.75. The highest BCUT2D eigenvalue weighted by atomic mass is 32.2. The summed E-state index contributed by atoms with van der Waals surface area (Å²) < 4.78 is 10.2. The highest BCUT2D eigenvalue weighted by Crippen LogP contribution is 2.25. The monoisotopic (exact) mass is 292 g/mol. The van der Waals surface area contributed by atoms with Crippen molar-refractivity contribution in [2.75, 3.05) is 13.7 Å². The molecule has 0 fully saturated rings. The van der Waals surface area contributed by atoms with Gasteiger partial charge in [-0.2, -0.15) is 0 Å². The van der Waals surface area contributed by atoms with E-state index in [2.05, 4.69) is 12.3 Å². The summed E-state index contributed by atoms with van der Waals surface area (Å²) in [5, 5.41) is -0.352. The van der Waals surface area contributed by atoms with E-state index in [0.717, 1.165) is 16.9 Å². The minimum atomic E-state index is -0.352. The Kier molecular flexibility index (Phi) is 6.99. The summed E-state index contributed by atoms with van der Waals surface area (Å²) in [4.78, 5) is 11.9. The molecule has 0 aliphatic rings. The number of hydrogen-bond donors (Lipinski definition) is 0. The molecule has 0 spiro atoms. The van der Waals surface area contributed by atoms with Crippen LogP contribution in [0.25, 0.3) is 0 Å². The van der Waals surface area contributed by atoms with E-state index in [0.29, 0.717) is 12.4 Å². The SMILES string of the molecule is C=C=C(C)C(SCc1ccc(OC)cc1)C(=O)OCC. The number of ether oxygens (including phenoxy) is 2. The maximum Gasteiger partial charge on any atom is 0.323 e. The molecule has 1 rings (SSSR count). The Labute approximate surface area is 124 Å². The van der Waals surface area contributed by atoms with E-state index in [1.165, 1.54) is 11.8 Å². The topological polar surface area (TPSA) is 35.5 Å². The van der Waals surface area contributed by atoms with Crippen molar-refractivity contribution in [3.8, 4) is 5.75 Å². The molecule has 1 unspecified atom stereocenters. The van der Waals surface area contributed by atoms with Crippen molar-refractivity contribution in [3.05, 3.63) is 47.7 Å². The number of carbonyl (C=O) groups is 1. The first-order valence-electron chi connectivity index (χ1n) is 6.40. The van der Waals surface area contributed by atoms with Crippen LogP contribution in [0, 0.1) is 0 Å². The maximum atomic E-state index is 11.9. The molecule has 1 aromatic carbocycles. The Hall–Kier alpha value is -1.64. The summed E-state index contributed by atoms with van der Waals surface area (Å²) in [7, 11) is 1.64. The van der Waals surface area contributed by atoms with E-state index in [9.17, 15) is 4.79 Å². The van der Waals surface area contributed by atoms with Crippen molar-refractivity contribution in [3.63, 3.8) is 0 Å². The number of carbonyl (C=O) groups excluding carboxylic acids is 1. The van der Waals surface area contributed by atoms with Crippen molar-refractivity contribution in [2.24, 2.45) is 0 Å². The average Bonchev–Trinajstić information content (AvgIpc) is 2.48. The van der Waals surface area contributed by atoms with Gasteiger partial charge in [-0.25, -0.2) is 0 Å². The normalized spacial score (nSPS) is 11.3. The molecule has 1 atom stereocenters. The van der Waals surface area contributed by atoms with Crippen molar-refractivity contribution in [1.82, 2.24) is 0 Å². The summed E-state index contributed by atoms with van der Waals surface area (Å²) in [5.74, 6) is 1.30. The van der Waals surface area contributed by atoms with Gasteiger partial charge in [0.25, 0.3) is 0 Å². The fourth-order valence-electron chi connectivity index (χ4n) is 1.58. The highest BCUT2D eigenvalue weighted by Gasteiger charge is 2.22. The number of esters is 1. The minimum Gasteiger partial charge on any atom is -0.497 e. The summed E-state index contributed by atoms with van der Waals surface area (Å²) in [5.41, 5.74) is 4.70. The Bertz CT molecular complexity index is 487. The van der Waals surface area contributed by atoms with Gasteiger partial charge in [-0.05, 0) is 37.1 Å². The first kappa shape index (κ1) is 16.4. The zero-order valence-corrected chi connectivity index (χ0v) is 13.0. The predicted octanol–water partition coefficient (Wildman–Crippen LogP) is 3.59. The van der Waals surface area contributed by atoms with E-state index >= 15 is 0 Å². The van der Waals surface area contributed by atoms with Crippen LogP contribution < -0.4 is 4.74 Å². The third-order valence-corrected chi connectivity index (χ3v) is 4.13. The molecular formula is C16H20O3S. The zero-order valence-electron chi connectivity index (χ0n) is 12.1. The lowest BCUT2D eigenvalue weighted by Gasteiger charge is -2.14. The maximum absolute atomic E-state index is 11.9. The van der Waals surface area contributed by atoms with Crippen LogP contribution >= 0.6 is 11.8 Å². The zero-order chi connectivity index (χ0) is 15.0. The van der Waals surface area contributed by atoms with Gasteiger partial charge in [-0.1, -0.05) is 18.7 Å². The van der Waals surface area contributed by atoms with Gasteiger partial charge >= 0.3 is 5.97 Å². The van der Waals surface area contributed by atoms with E-state index < -0.39 is 0 Å². The largest absolute Gasteiger partial charge is 0.497 e. The van der Waals surface area contributed by atoms with Crippen LogP contribution in [0.5, 0.6) is 5.75 Å². The molecular weight excluding hydrogens is 272 g/mol. The predicted molar refractivity (Wildman–Crippen MR) is 83.0 cm³/mol.